The molecular formula is C16H23NO3. The fourth-order valence-electron chi connectivity index (χ4n) is 2.42. The van der Waals surface area contributed by atoms with E-state index in [0.29, 0.717) is 18.4 Å². The molecule has 1 aromatic carbocycles. The van der Waals surface area contributed by atoms with E-state index in [1.807, 2.05) is 25.1 Å². The average Bonchev–Trinajstić information content (AvgIpc) is 2.42. The first-order valence-corrected chi connectivity index (χ1v) is 7.04. The van der Waals surface area contributed by atoms with Crippen LogP contribution >= 0.6 is 0 Å². The molecule has 0 fully saturated rings. The SMILES string of the molecule is Cc1ccccc1C(N)(CCCCCCC=O)C(=O)O. The number of aryl methyl sites for hydroxylation is 1. The van der Waals surface area contributed by atoms with Crippen molar-refractivity contribution < 1.29 is 14.7 Å². The van der Waals surface area contributed by atoms with E-state index in [1.54, 1.807) is 6.07 Å². The molecule has 1 unspecified atom stereocenters. The summed E-state index contributed by atoms with van der Waals surface area (Å²) < 4.78 is 0. The number of carbonyl (C=O) groups is 2. The predicted molar refractivity (Wildman–Crippen MR) is 78.4 cm³/mol. The van der Waals surface area contributed by atoms with Gasteiger partial charge in [-0.15, -0.1) is 0 Å². The summed E-state index contributed by atoms with van der Waals surface area (Å²) in [4.78, 5) is 21.8. The van der Waals surface area contributed by atoms with Crippen molar-refractivity contribution in [1.82, 2.24) is 0 Å². The number of unbranched alkanes of at least 4 members (excludes halogenated alkanes) is 4. The van der Waals surface area contributed by atoms with Gasteiger partial charge in [-0.05, 0) is 30.9 Å². The standard InChI is InChI=1S/C16H23NO3/c1-13-9-5-6-10-14(13)16(17,15(19)20)11-7-3-2-4-8-12-18/h5-6,9-10,12H,2-4,7-8,11,17H2,1H3,(H,19,20). The van der Waals surface area contributed by atoms with Crippen molar-refractivity contribution in [2.24, 2.45) is 5.73 Å². The van der Waals surface area contributed by atoms with E-state index in [2.05, 4.69) is 0 Å². The molecule has 0 amide bonds. The van der Waals surface area contributed by atoms with Crippen LogP contribution in [-0.4, -0.2) is 17.4 Å². The van der Waals surface area contributed by atoms with E-state index in [0.717, 1.165) is 37.5 Å². The third kappa shape index (κ3) is 4.17. The molecule has 110 valence electrons. The Labute approximate surface area is 120 Å². The molecule has 0 spiro atoms. The Bertz CT molecular complexity index is 459. The summed E-state index contributed by atoms with van der Waals surface area (Å²) in [5, 5.41) is 9.48. The molecule has 20 heavy (non-hydrogen) atoms. The highest BCUT2D eigenvalue weighted by atomic mass is 16.4. The van der Waals surface area contributed by atoms with Crippen LogP contribution in [0.5, 0.6) is 0 Å². The van der Waals surface area contributed by atoms with Crippen LogP contribution in [-0.2, 0) is 15.1 Å². The minimum atomic E-state index is -1.32. The molecule has 1 atom stereocenters. The number of rotatable bonds is 9. The number of hydrogen-bond donors (Lipinski definition) is 2. The first-order valence-electron chi connectivity index (χ1n) is 7.04. The number of benzene rings is 1. The summed E-state index contributed by atoms with van der Waals surface area (Å²) in [6.45, 7) is 1.88. The number of hydrogen-bond acceptors (Lipinski definition) is 3. The van der Waals surface area contributed by atoms with Crippen LogP contribution in [0.15, 0.2) is 24.3 Å². The van der Waals surface area contributed by atoms with Gasteiger partial charge in [0.25, 0.3) is 0 Å². The maximum Gasteiger partial charge on any atom is 0.328 e. The fraction of sp³-hybridized carbons (Fsp3) is 0.500. The third-order valence-corrected chi connectivity index (χ3v) is 3.65. The van der Waals surface area contributed by atoms with Crippen molar-refractivity contribution in [1.29, 1.82) is 0 Å². The number of carboxylic acid groups (broad SMARTS) is 1. The van der Waals surface area contributed by atoms with Gasteiger partial charge in [-0.1, -0.05) is 43.5 Å². The Morgan fingerprint density at radius 1 is 1.25 bits per heavy atom. The topological polar surface area (TPSA) is 80.4 Å². The lowest BCUT2D eigenvalue weighted by Crippen LogP contribution is -2.45. The highest BCUT2D eigenvalue weighted by Crippen LogP contribution is 2.28. The number of carboxylic acids is 1. The summed E-state index contributed by atoms with van der Waals surface area (Å²) >= 11 is 0. The van der Waals surface area contributed by atoms with Crippen molar-refractivity contribution >= 4 is 12.3 Å². The van der Waals surface area contributed by atoms with Crippen molar-refractivity contribution in [3.05, 3.63) is 35.4 Å². The van der Waals surface area contributed by atoms with Crippen LogP contribution in [0.3, 0.4) is 0 Å². The summed E-state index contributed by atoms with van der Waals surface area (Å²) in [6.07, 6.45) is 5.33. The van der Waals surface area contributed by atoms with Crippen LogP contribution in [0.2, 0.25) is 0 Å². The van der Waals surface area contributed by atoms with Gasteiger partial charge in [-0.25, -0.2) is 4.79 Å². The van der Waals surface area contributed by atoms with E-state index in [9.17, 15) is 14.7 Å². The van der Waals surface area contributed by atoms with E-state index < -0.39 is 11.5 Å². The lowest BCUT2D eigenvalue weighted by atomic mass is 9.83. The minimum Gasteiger partial charge on any atom is -0.480 e. The summed E-state index contributed by atoms with van der Waals surface area (Å²) in [7, 11) is 0. The number of aldehydes is 1. The van der Waals surface area contributed by atoms with Crippen LogP contribution in [0, 0.1) is 6.92 Å². The molecule has 3 N–H and O–H groups in total. The van der Waals surface area contributed by atoms with E-state index in [-0.39, 0.29) is 0 Å². The van der Waals surface area contributed by atoms with Crippen LogP contribution in [0.1, 0.15) is 49.7 Å². The highest BCUT2D eigenvalue weighted by molar-refractivity contribution is 5.81. The molecule has 0 radical (unpaired) electrons. The Morgan fingerprint density at radius 2 is 1.90 bits per heavy atom. The predicted octanol–water partition coefficient (Wildman–Crippen LogP) is 2.77. The van der Waals surface area contributed by atoms with Gasteiger partial charge in [0.1, 0.15) is 11.8 Å². The smallest absolute Gasteiger partial charge is 0.328 e. The zero-order chi connectivity index (χ0) is 15.0. The third-order valence-electron chi connectivity index (χ3n) is 3.65. The van der Waals surface area contributed by atoms with E-state index in [4.69, 9.17) is 5.73 Å². The Morgan fingerprint density at radius 3 is 2.50 bits per heavy atom. The monoisotopic (exact) mass is 277 g/mol. The van der Waals surface area contributed by atoms with Crippen molar-refractivity contribution in [3.8, 4) is 0 Å². The van der Waals surface area contributed by atoms with Gasteiger partial charge in [0, 0.05) is 6.42 Å². The van der Waals surface area contributed by atoms with E-state index >= 15 is 0 Å². The average molecular weight is 277 g/mol. The van der Waals surface area contributed by atoms with Gasteiger partial charge in [0.05, 0.1) is 0 Å². The minimum absolute atomic E-state index is 0.411. The maximum absolute atomic E-state index is 11.6. The van der Waals surface area contributed by atoms with Crippen molar-refractivity contribution in [3.63, 3.8) is 0 Å². The molecule has 1 rings (SSSR count). The number of aliphatic carboxylic acids is 1. The Hall–Kier alpha value is -1.68. The zero-order valence-corrected chi connectivity index (χ0v) is 12.0. The second kappa shape index (κ2) is 7.80. The van der Waals surface area contributed by atoms with Crippen LogP contribution < -0.4 is 5.73 Å². The largest absolute Gasteiger partial charge is 0.480 e. The lowest BCUT2D eigenvalue weighted by molar-refractivity contribution is -0.144. The van der Waals surface area contributed by atoms with Gasteiger partial charge in [0.2, 0.25) is 0 Å². The molecule has 4 nitrogen and oxygen atoms in total. The van der Waals surface area contributed by atoms with E-state index in [1.165, 1.54) is 0 Å². The highest BCUT2D eigenvalue weighted by Gasteiger charge is 2.36. The lowest BCUT2D eigenvalue weighted by Gasteiger charge is -2.27. The van der Waals surface area contributed by atoms with Gasteiger partial charge in [-0.2, -0.15) is 0 Å². The summed E-state index contributed by atoms with van der Waals surface area (Å²) in [5.41, 5.74) is 6.41. The van der Waals surface area contributed by atoms with Gasteiger partial charge in [0.15, 0.2) is 0 Å². The van der Waals surface area contributed by atoms with Gasteiger partial charge in [-0.3, -0.25) is 0 Å². The Balaban J connectivity index is 2.66. The zero-order valence-electron chi connectivity index (χ0n) is 12.0. The molecule has 0 aliphatic carbocycles. The molecule has 4 heteroatoms. The maximum atomic E-state index is 11.6. The van der Waals surface area contributed by atoms with Crippen LogP contribution in [0.25, 0.3) is 0 Å². The second-order valence-corrected chi connectivity index (χ2v) is 5.21. The van der Waals surface area contributed by atoms with Gasteiger partial charge >= 0.3 is 5.97 Å². The molecule has 0 aliphatic heterocycles. The number of nitrogens with two attached hydrogens (primary N) is 1. The van der Waals surface area contributed by atoms with Crippen molar-refractivity contribution in [2.45, 2.75) is 51.0 Å². The first kappa shape index (κ1) is 16.4. The second-order valence-electron chi connectivity index (χ2n) is 5.21. The molecule has 0 aliphatic rings. The molecule has 0 bridgehead atoms. The molecule has 0 saturated carbocycles. The Kier molecular flexibility index (Phi) is 6.39. The molecule has 0 heterocycles. The number of carbonyl (C=O) groups excluding carboxylic acids is 1. The quantitative estimate of drug-likeness (QED) is 0.537. The molecule has 0 aromatic heterocycles. The van der Waals surface area contributed by atoms with Gasteiger partial charge < -0.3 is 15.6 Å². The summed E-state index contributed by atoms with van der Waals surface area (Å²) in [5.74, 6) is -0.986. The van der Waals surface area contributed by atoms with Crippen molar-refractivity contribution in [2.75, 3.05) is 0 Å². The fourth-order valence-corrected chi connectivity index (χ4v) is 2.42. The normalized spacial score (nSPS) is 13.7. The first-order chi connectivity index (χ1) is 9.52. The van der Waals surface area contributed by atoms with Crippen LogP contribution in [0.4, 0.5) is 0 Å². The molecule has 0 saturated heterocycles. The summed E-state index contributed by atoms with van der Waals surface area (Å²) in [6, 6.07) is 7.36. The molecule has 1 aromatic rings. The molecular weight excluding hydrogens is 254 g/mol.